The Labute approximate surface area is 88.6 Å². The first-order valence-electron chi connectivity index (χ1n) is 3.42. The Bertz CT molecular complexity index is 379. The van der Waals surface area contributed by atoms with Crippen LogP contribution < -0.4 is 5.73 Å². The molecule has 1 rings (SSSR count). The fourth-order valence-corrected chi connectivity index (χ4v) is 1.64. The molecule has 0 aromatic heterocycles. The van der Waals surface area contributed by atoms with E-state index in [1.165, 1.54) is 6.07 Å². The fourth-order valence-electron chi connectivity index (χ4n) is 0.892. The van der Waals surface area contributed by atoms with Crippen LogP contribution in [0.25, 0.3) is 0 Å². The van der Waals surface area contributed by atoms with Gasteiger partial charge in [-0.2, -0.15) is 0 Å². The molecular weight excluding hydrogens is 257 g/mol. The lowest BCUT2D eigenvalue weighted by atomic mass is 10.1. The van der Waals surface area contributed by atoms with Crippen LogP contribution in [0, 0.1) is 6.92 Å². The molecule has 0 unspecified atom stereocenters. The van der Waals surface area contributed by atoms with Gasteiger partial charge in [-0.15, -0.1) is 0 Å². The average molecular weight is 265 g/mol. The van der Waals surface area contributed by atoms with E-state index in [9.17, 15) is 9.90 Å². The molecule has 1 aromatic rings. The van der Waals surface area contributed by atoms with Gasteiger partial charge >= 0.3 is 0 Å². The van der Waals surface area contributed by atoms with E-state index in [-0.39, 0.29) is 16.3 Å². The Balaban J connectivity index is 3.50. The number of halogens is 2. The van der Waals surface area contributed by atoms with Crippen LogP contribution in [0.3, 0.4) is 0 Å². The first-order valence-corrected chi connectivity index (χ1v) is 4.59. The van der Waals surface area contributed by atoms with Crippen molar-refractivity contribution in [2.24, 2.45) is 5.73 Å². The molecule has 0 aliphatic carbocycles. The zero-order chi connectivity index (χ0) is 10.2. The topological polar surface area (TPSA) is 63.3 Å². The van der Waals surface area contributed by atoms with Crippen LogP contribution in [-0.2, 0) is 0 Å². The minimum absolute atomic E-state index is 0.0162. The number of aromatic hydroxyl groups is 1. The molecule has 0 radical (unpaired) electrons. The molecule has 3 nitrogen and oxygen atoms in total. The SMILES string of the molecule is Cc1c(Br)cc(C(N)=O)c(O)c1Cl. The summed E-state index contributed by atoms with van der Waals surface area (Å²) in [6, 6.07) is 1.44. The zero-order valence-corrected chi connectivity index (χ0v) is 9.11. The summed E-state index contributed by atoms with van der Waals surface area (Å²) in [5.41, 5.74) is 5.71. The minimum Gasteiger partial charge on any atom is -0.506 e. The number of rotatable bonds is 1. The molecular formula is C8H7BrClNO2. The molecule has 5 heteroatoms. The Morgan fingerprint density at radius 3 is 2.69 bits per heavy atom. The third kappa shape index (κ3) is 1.78. The summed E-state index contributed by atoms with van der Waals surface area (Å²) >= 11 is 8.94. The molecule has 0 atom stereocenters. The van der Waals surface area contributed by atoms with Crippen molar-refractivity contribution < 1.29 is 9.90 Å². The summed E-state index contributed by atoms with van der Waals surface area (Å²) in [7, 11) is 0. The van der Waals surface area contributed by atoms with Crippen molar-refractivity contribution in [3.05, 3.63) is 26.7 Å². The number of carbonyl (C=O) groups is 1. The smallest absolute Gasteiger partial charge is 0.252 e. The maximum atomic E-state index is 10.8. The van der Waals surface area contributed by atoms with Crippen LogP contribution in [0.4, 0.5) is 0 Å². The second-order valence-corrected chi connectivity index (χ2v) is 3.79. The number of benzene rings is 1. The normalized spacial score (nSPS) is 10.1. The summed E-state index contributed by atoms with van der Waals surface area (Å²) in [6.45, 7) is 1.72. The highest BCUT2D eigenvalue weighted by molar-refractivity contribution is 9.10. The van der Waals surface area contributed by atoms with E-state index in [0.717, 1.165) is 0 Å². The van der Waals surface area contributed by atoms with Gasteiger partial charge in [0, 0.05) is 4.47 Å². The third-order valence-electron chi connectivity index (χ3n) is 1.69. The van der Waals surface area contributed by atoms with Crippen molar-refractivity contribution in [1.82, 2.24) is 0 Å². The van der Waals surface area contributed by atoms with Gasteiger partial charge in [-0.3, -0.25) is 4.79 Å². The standard InChI is InChI=1S/C8H7BrClNO2/c1-3-5(9)2-4(8(11)13)7(12)6(3)10/h2,12H,1H3,(H2,11,13). The van der Waals surface area contributed by atoms with E-state index < -0.39 is 5.91 Å². The molecule has 0 bridgehead atoms. The molecule has 0 heterocycles. The lowest BCUT2D eigenvalue weighted by Gasteiger charge is -2.07. The maximum Gasteiger partial charge on any atom is 0.252 e. The zero-order valence-electron chi connectivity index (χ0n) is 6.77. The van der Waals surface area contributed by atoms with E-state index in [1.807, 2.05) is 0 Å². The number of carbonyl (C=O) groups excluding carboxylic acids is 1. The number of hydrogen-bond acceptors (Lipinski definition) is 2. The summed E-state index contributed by atoms with van der Waals surface area (Å²) < 4.78 is 0.643. The van der Waals surface area contributed by atoms with Crippen molar-refractivity contribution in [3.8, 4) is 5.75 Å². The molecule has 13 heavy (non-hydrogen) atoms. The summed E-state index contributed by atoms with van der Waals surface area (Å²) in [5.74, 6) is -0.977. The van der Waals surface area contributed by atoms with Gasteiger partial charge in [-0.25, -0.2) is 0 Å². The lowest BCUT2D eigenvalue weighted by Crippen LogP contribution is -2.11. The Hall–Kier alpha value is -0.740. The van der Waals surface area contributed by atoms with Gasteiger partial charge in [0.2, 0.25) is 0 Å². The van der Waals surface area contributed by atoms with E-state index in [0.29, 0.717) is 10.0 Å². The number of hydrogen-bond donors (Lipinski definition) is 2. The predicted molar refractivity (Wildman–Crippen MR) is 54.1 cm³/mol. The fraction of sp³-hybridized carbons (Fsp3) is 0.125. The molecule has 1 aromatic carbocycles. The first-order chi connectivity index (χ1) is 5.95. The molecule has 70 valence electrons. The Morgan fingerprint density at radius 1 is 1.69 bits per heavy atom. The monoisotopic (exact) mass is 263 g/mol. The highest BCUT2D eigenvalue weighted by Gasteiger charge is 2.15. The summed E-state index contributed by atoms with van der Waals surface area (Å²) in [5, 5.41) is 9.56. The number of nitrogens with two attached hydrogens (primary N) is 1. The highest BCUT2D eigenvalue weighted by atomic mass is 79.9. The largest absolute Gasteiger partial charge is 0.506 e. The number of phenols is 1. The van der Waals surface area contributed by atoms with Crippen LogP contribution in [0.2, 0.25) is 5.02 Å². The van der Waals surface area contributed by atoms with Gasteiger partial charge in [0.15, 0.2) is 0 Å². The van der Waals surface area contributed by atoms with Crippen molar-refractivity contribution in [2.75, 3.05) is 0 Å². The van der Waals surface area contributed by atoms with E-state index in [1.54, 1.807) is 6.92 Å². The van der Waals surface area contributed by atoms with Crippen LogP contribution in [0.15, 0.2) is 10.5 Å². The first kappa shape index (κ1) is 10.3. The van der Waals surface area contributed by atoms with Crippen LogP contribution in [-0.4, -0.2) is 11.0 Å². The number of amides is 1. The summed E-state index contributed by atoms with van der Waals surface area (Å²) in [4.78, 5) is 10.8. The van der Waals surface area contributed by atoms with Crippen molar-refractivity contribution in [3.63, 3.8) is 0 Å². The van der Waals surface area contributed by atoms with Crippen molar-refractivity contribution in [1.29, 1.82) is 0 Å². The second-order valence-electron chi connectivity index (χ2n) is 2.56. The molecule has 0 fully saturated rings. The molecule has 0 aliphatic heterocycles. The van der Waals surface area contributed by atoms with Gasteiger partial charge in [0.05, 0.1) is 10.6 Å². The van der Waals surface area contributed by atoms with E-state index >= 15 is 0 Å². The molecule has 0 aliphatic rings. The van der Waals surface area contributed by atoms with Crippen molar-refractivity contribution >= 4 is 33.4 Å². The Kier molecular flexibility index (Phi) is 2.83. The maximum absolute atomic E-state index is 10.8. The van der Waals surface area contributed by atoms with Gasteiger partial charge in [-0.1, -0.05) is 27.5 Å². The van der Waals surface area contributed by atoms with Gasteiger partial charge in [0.25, 0.3) is 5.91 Å². The Morgan fingerprint density at radius 2 is 2.23 bits per heavy atom. The van der Waals surface area contributed by atoms with E-state index in [2.05, 4.69) is 15.9 Å². The van der Waals surface area contributed by atoms with Gasteiger partial charge in [0.1, 0.15) is 5.75 Å². The molecule has 0 saturated heterocycles. The number of primary amides is 1. The van der Waals surface area contributed by atoms with Crippen LogP contribution >= 0.6 is 27.5 Å². The molecule has 0 saturated carbocycles. The van der Waals surface area contributed by atoms with Crippen molar-refractivity contribution in [2.45, 2.75) is 6.92 Å². The molecule has 0 spiro atoms. The highest BCUT2D eigenvalue weighted by Crippen LogP contribution is 2.35. The van der Waals surface area contributed by atoms with Gasteiger partial charge < -0.3 is 10.8 Å². The average Bonchev–Trinajstić information content (AvgIpc) is 2.07. The second kappa shape index (κ2) is 3.55. The van der Waals surface area contributed by atoms with Gasteiger partial charge in [-0.05, 0) is 18.6 Å². The summed E-state index contributed by atoms with van der Waals surface area (Å²) in [6.07, 6.45) is 0. The van der Waals surface area contributed by atoms with Crippen LogP contribution in [0.5, 0.6) is 5.75 Å². The van der Waals surface area contributed by atoms with Crippen LogP contribution in [0.1, 0.15) is 15.9 Å². The predicted octanol–water partition coefficient (Wildman–Crippen LogP) is 2.22. The lowest BCUT2D eigenvalue weighted by molar-refractivity contribution is 0.0997. The molecule has 1 amide bonds. The van der Waals surface area contributed by atoms with E-state index in [4.69, 9.17) is 17.3 Å². The minimum atomic E-state index is -0.708. The third-order valence-corrected chi connectivity index (χ3v) is 2.97. The quantitative estimate of drug-likeness (QED) is 0.817. The molecule has 3 N–H and O–H groups in total.